The van der Waals surface area contributed by atoms with Crippen molar-refractivity contribution in [2.24, 2.45) is 0 Å². The molecule has 1 fully saturated rings. The van der Waals surface area contributed by atoms with Crippen LogP contribution < -0.4 is 5.32 Å². The lowest BCUT2D eigenvalue weighted by Gasteiger charge is -2.32. The van der Waals surface area contributed by atoms with E-state index in [9.17, 15) is 13.2 Å². The van der Waals surface area contributed by atoms with Gasteiger partial charge in [-0.15, -0.1) is 0 Å². The first-order valence-corrected chi connectivity index (χ1v) is 7.11. The molecule has 0 aromatic carbocycles. The largest absolute Gasteiger partial charge is 0.411 e. The van der Waals surface area contributed by atoms with Crippen molar-refractivity contribution in [1.29, 1.82) is 0 Å². The third kappa shape index (κ3) is 8.44. The number of ether oxygens (including phenoxy) is 1. The van der Waals surface area contributed by atoms with Gasteiger partial charge >= 0.3 is 6.18 Å². The Morgan fingerprint density at radius 1 is 1.26 bits per heavy atom. The van der Waals surface area contributed by atoms with Crippen LogP contribution in [0.3, 0.4) is 0 Å². The second-order valence-electron chi connectivity index (χ2n) is 5.09. The molecular formula is C13H25F3N2O. The van der Waals surface area contributed by atoms with Crippen LogP contribution in [0.4, 0.5) is 13.2 Å². The summed E-state index contributed by atoms with van der Waals surface area (Å²) in [7, 11) is 0. The average Bonchev–Trinajstić information content (AvgIpc) is 2.36. The first-order valence-electron chi connectivity index (χ1n) is 7.11. The Morgan fingerprint density at radius 3 is 2.53 bits per heavy atom. The highest BCUT2D eigenvalue weighted by Gasteiger charge is 2.27. The molecule has 0 atom stereocenters. The third-order valence-electron chi connectivity index (χ3n) is 3.30. The van der Waals surface area contributed by atoms with E-state index in [4.69, 9.17) is 0 Å². The average molecular weight is 282 g/mol. The third-order valence-corrected chi connectivity index (χ3v) is 3.30. The number of nitrogens with zero attached hydrogens (tertiary/aromatic N) is 1. The molecule has 0 radical (unpaired) electrons. The smallest absolute Gasteiger partial charge is 0.372 e. The van der Waals surface area contributed by atoms with E-state index in [1.165, 1.54) is 0 Å². The van der Waals surface area contributed by atoms with E-state index in [0.717, 1.165) is 45.4 Å². The van der Waals surface area contributed by atoms with Crippen molar-refractivity contribution in [1.82, 2.24) is 10.2 Å². The molecule has 0 unspecified atom stereocenters. The van der Waals surface area contributed by atoms with Gasteiger partial charge in [-0.05, 0) is 45.3 Å². The van der Waals surface area contributed by atoms with Crippen molar-refractivity contribution in [2.75, 3.05) is 39.4 Å². The summed E-state index contributed by atoms with van der Waals surface area (Å²) in [6.07, 6.45) is -0.129. The zero-order valence-corrected chi connectivity index (χ0v) is 11.6. The van der Waals surface area contributed by atoms with Crippen molar-refractivity contribution < 1.29 is 17.9 Å². The number of piperidine rings is 1. The number of halogens is 3. The molecule has 0 bridgehead atoms. The lowest BCUT2D eigenvalue weighted by atomic mass is 10.0. The number of hydrogen-bond acceptors (Lipinski definition) is 3. The minimum Gasteiger partial charge on any atom is -0.372 e. The molecule has 0 aromatic rings. The van der Waals surface area contributed by atoms with Crippen LogP contribution in [0.5, 0.6) is 0 Å². The Balaban J connectivity index is 1.97. The Labute approximate surface area is 113 Å². The monoisotopic (exact) mass is 282 g/mol. The molecule has 1 N–H and O–H groups in total. The van der Waals surface area contributed by atoms with E-state index in [0.29, 0.717) is 12.5 Å². The summed E-state index contributed by atoms with van der Waals surface area (Å²) < 4.78 is 40.1. The Bertz CT molecular complexity index is 228. The quantitative estimate of drug-likeness (QED) is 0.692. The summed E-state index contributed by atoms with van der Waals surface area (Å²) >= 11 is 0. The highest BCUT2D eigenvalue weighted by atomic mass is 19.4. The van der Waals surface area contributed by atoms with Crippen molar-refractivity contribution in [3.63, 3.8) is 0 Å². The van der Waals surface area contributed by atoms with E-state index in [-0.39, 0.29) is 6.61 Å². The number of alkyl halides is 3. The SMILES string of the molecule is CCCNC1CCN(CCCOCC(F)(F)F)CC1. The second kappa shape index (κ2) is 8.76. The summed E-state index contributed by atoms with van der Waals surface area (Å²) in [5.74, 6) is 0. The molecule has 3 nitrogen and oxygen atoms in total. The molecule has 0 aliphatic carbocycles. The fourth-order valence-electron chi connectivity index (χ4n) is 2.29. The van der Waals surface area contributed by atoms with Gasteiger partial charge in [-0.1, -0.05) is 6.92 Å². The van der Waals surface area contributed by atoms with E-state index in [1.807, 2.05) is 0 Å². The van der Waals surface area contributed by atoms with Crippen LogP contribution in [0.2, 0.25) is 0 Å². The maximum absolute atomic E-state index is 11.8. The van der Waals surface area contributed by atoms with Crippen LogP contribution in [0.15, 0.2) is 0 Å². The fourth-order valence-corrected chi connectivity index (χ4v) is 2.29. The van der Waals surface area contributed by atoms with Crippen molar-refractivity contribution in [3.8, 4) is 0 Å². The van der Waals surface area contributed by atoms with E-state index >= 15 is 0 Å². The molecular weight excluding hydrogens is 257 g/mol. The highest BCUT2D eigenvalue weighted by Crippen LogP contribution is 2.15. The van der Waals surface area contributed by atoms with Gasteiger partial charge in [0.1, 0.15) is 6.61 Å². The van der Waals surface area contributed by atoms with Crippen LogP contribution in [-0.4, -0.2) is 56.5 Å². The van der Waals surface area contributed by atoms with Crippen molar-refractivity contribution >= 4 is 0 Å². The number of rotatable bonds is 8. The normalized spacial score (nSPS) is 18.9. The summed E-state index contributed by atoms with van der Waals surface area (Å²) in [6.45, 7) is 5.17. The molecule has 1 rings (SSSR count). The Morgan fingerprint density at radius 2 is 1.95 bits per heavy atom. The molecule has 1 heterocycles. The van der Waals surface area contributed by atoms with Crippen LogP contribution >= 0.6 is 0 Å². The van der Waals surface area contributed by atoms with Gasteiger partial charge in [0, 0.05) is 19.2 Å². The van der Waals surface area contributed by atoms with Crippen LogP contribution in [0.1, 0.15) is 32.6 Å². The Hall–Kier alpha value is -0.330. The zero-order valence-electron chi connectivity index (χ0n) is 11.6. The number of hydrogen-bond donors (Lipinski definition) is 1. The number of nitrogens with one attached hydrogen (secondary N) is 1. The van der Waals surface area contributed by atoms with Crippen LogP contribution in [0, 0.1) is 0 Å². The van der Waals surface area contributed by atoms with Gasteiger partial charge in [-0.3, -0.25) is 0 Å². The van der Waals surface area contributed by atoms with Gasteiger partial charge in [0.05, 0.1) is 0 Å². The van der Waals surface area contributed by atoms with Gasteiger partial charge < -0.3 is 15.0 Å². The highest BCUT2D eigenvalue weighted by molar-refractivity contribution is 4.76. The predicted molar refractivity (Wildman–Crippen MR) is 69.2 cm³/mol. The summed E-state index contributed by atoms with van der Waals surface area (Å²) in [4.78, 5) is 2.31. The van der Waals surface area contributed by atoms with Gasteiger partial charge in [0.15, 0.2) is 0 Å². The Kier molecular flexibility index (Phi) is 7.71. The maximum atomic E-state index is 11.8. The van der Waals surface area contributed by atoms with Crippen LogP contribution in [-0.2, 0) is 4.74 Å². The first kappa shape index (κ1) is 16.7. The molecule has 1 aliphatic rings. The fraction of sp³-hybridized carbons (Fsp3) is 1.00. The summed E-state index contributed by atoms with van der Waals surface area (Å²) in [5.41, 5.74) is 0. The molecule has 1 aliphatic heterocycles. The van der Waals surface area contributed by atoms with E-state index in [2.05, 4.69) is 21.9 Å². The molecule has 1 saturated heterocycles. The molecule has 19 heavy (non-hydrogen) atoms. The molecule has 0 amide bonds. The molecule has 6 heteroatoms. The van der Waals surface area contributed by atoms with Gasteiger partial charge in [-0.2, -0.15) is 13.2 Å². The summed E-state index contributed by atoms with van der Waals surface area (Å²) in [6, 6.07) is 0.609. The topological polar surface area (TPSA) is 24.5 Å². The van der Waals surface area contributed by atoms with Crippen molar-refractivity contribution in [3.05, 3.63) is 0 Å². The second-order valence-corrected chi connectivity index (χ2v) is 5.09. The van der Waals surface area contributed by atoms with Gasteiger partial charge in [0.25, 0.3) is 0 Å². The van der Waals surface area contributed by atoms with Crippen molar-refractivity contribution in [2.45, 2.75) is 44.8 Å². The predicted octanol–water partition coefficient (Wildman–Crippen LogP) is 2.42. The van der Waals surface area contributed by atoms with Gasteiger partial charge in [-0.25, -0.2) is 0 Å². The van der Waals surface area contributed by atoms with E-state index in [1.54, 1.807) is 0 Å². The standard InChI is InChI=1S/C13H25F3N2O/c1-2-6-17-12-4-8-18(9-5-12)7-3-10-19-11-13(14,15)16/h12,17H,2-11H2,1H3. The van der Waals surface area contributed by atoms with Crippen LogP contribution in [0.25, 0.3) is 0 Å². The lowest BCUT2D eigenvalue weighted by Crippen LogP contribution is -2.43. The maximum Gasteiger partial charge on any atom is 0.411 e. The van der Waals surface area contributed by atoms with E-state index < -0.39 is 12.8 Å². The first-order chi connectivity index (χ1) is 9.01. The summed E-state index contributed by atoms with van der Waals surface area (Å²) in [5, 5.41) is 3.51. The lowest BCUT2D eigenvalue weighted by molar-refractivity contribution is -0.174. The minimum atomic E-state index is -4.21. The number of likely N-dealkylation sites (tertiary alicyclic amines) is 1. The minimum absolute atomic E-state index is 0.188. The molecule has 114 valence electrons. The molecule has 0 saturated carbocycles. The molecule has 0 spiro atoms. The molecule has 0 aromatic heterocycles. The zero-order chi connectivity index (χ0) is 14.1. The van der Waals surface area contributed by atoms with Gasteiger partial charge in [0.2, 0.25) is 0 Å².